The molecule has 2 nitrogen and oxygen atoms in total. The Morgan fingerprint density at radius 2 is 2.06 bits per heavy atom. The quantitative estimate of drug-likeness (QED) is 0.878. The molecule has 0 heterocycles. The first-order valence-corrected chi connectivity index (χ1v) is 5.82. The molecule has 1 unspecified atom stereocenters. The number of ether oxygens (including phenoxy) is 1. The van der Waals surface area contributed by atoms with Crippen LogP contribution in [0.5, 0.6) is 0 Å². The molecule has 2 N–H and O–H groups in total. The van der Waals surface area contributed by atoms with Gasteiger partial charge in [-0.3, -0.25) is 0 Å². The van der Waals surface area contributed by atoms with E-state index in [0.717, 1.165) is 25.3 Å². The Morgan fingerprint density at radius 3 is 2.53 bits per heavy atom. The van der Waals surface area contributed by atoms with E-state index in [1.165, 1.54) is 6.07 Å². The summed E-state index contributed by atoms with van der Waals surface area (Å²) in [5, 5.41) is 0. The largest absolute Gasteiger partial charge is 0.377 e. The Balaban J connectivity index is 2.07. The van der Waals surface area contributed by atoms with E-state index in [1.54, 1.807) is 13.2 Å². The van der Waals surface area contributed by atoms with Gasteiger partial charge in [0, 0.05) is 13.2 Å². The molecule has 1 saturated carbocycles. The van der Waals surface area contributed by atoms with Crippen LogP contribution in [0, 0.1) is 11.6 Å². The van der Waals surface area contributed by atoms with Gasteiger partial charge < -0.3 is 10.5 Å². The highest BCUT2D eigenvalue weighted by Crippen LogP contribution is 2.38. The fraction of sp³-hybridized carbons (Fsp3) is 0.538. The number of hydrogen-bond acceptors (Lipinski definition) is 2. The molecule has 0 spiro atoms. The molecule has 0 radical (unpaired) electrons. The normalized spacial score (nSPS) is 19.8. The maximum atomic E-state index is 13.1. The van der Waals surface area contributed by atoms with Crippen molar-refractivity contribution in [1.82, 2.24) is 0 Å². The zero-order chi connectivity index (χ0) is 12.5. The van der Waals surface area contributed by atoms with Crippen LogP contribution in [0.15, 0.2) is 18.2 Å². The summed E-state index contributed by atoms with van der Waals surface area (Å²) in [6.07, 6.45) is 3.49. The van der Waals surface area contributed by atoms with E-state index in [-0.39, 0.29) is 11.6 Å². The second-order valence-corrected chi connectivity index (χ2v) is 4.68. The maximum Gasteiger partial charge on any atom is 0.159 e. The zero-order valence-electron chi connectivity index (χ0n) is 9.88. The Bertz CT molecular complexity index is 399. The summed E-state index contributed by atoms with van der Waals surface area (Å²) < 4.78 is 31.3. The zero-order valence-corrected chi connectivity index (χ0v) is 9.88. The number of methoxy groups -OCH3 is 1. The third-order valence-electron chi connectivity index (χ3n) is 3.72. The molecular weight excluding hydrogens is 224 g/mol. The fourth-order valence-electron chi connectivity index (χ4n) is 2.36. The van der Waals surface area contributed by atoms with Crippen LogP contribution < -0.4 is 5.73 Å². The first-order valence-electron chi connectivity index (χ1n) is 5.82. The lowest BCUT2D eigenvalue weighted by Crippen LogP contribution is -2.55. The van der Waals surface area contributed by atoms with Crippen LogP contribution in [0.25, 0.3) is 0 Å². The fourth-order valence-corrected chi connectivity index (χ4v) is 2.36. The smallest absolute Gasteiger partial charge is 0.159 e. The summed E-state index contributed by atoms with van der Waals surface area (Å²) in [5.74, 6) is -1.65. The number of rotatable bonds is 4. The van der Waals surface area contributed by atoms with Crippen LogP contribution in [0.4, 0.5) is 8.78 Å². The summed E-state index contributed by atoms with van der Waals surface area (Å²) in [6, 6.07) is 3.74. The lowest BCUT2D eigenvalue weighted by atomic mass is 9.73. The second kappa shape index (κ2) is 4.70. The standard InChI is InChI=1S/C13H17F2NO/c1-17-13(5-2-6-13)12(16)8-9-3-4-10(14)11(15)7-9/h3-4,7,12H,2,5-6,8,16H2,1H3. The van der Waals surface area contributed by atoms with Crippen molar-refractivity contribution in [2.75, 3.05) is 7.11 Å². The summed E-state index contributed by atoms with van der Waals surface area (Å²) in [5.41, 5.74) is 6.54. The summed E-state index contributed by atoms with van der Waals surface area (Å²) in [7, 11) is 1.66. The maximum absolute atomic E-state index is 13.1. The molecule has 1 fully saturated rings. The van der Waals surface area contributed by atoms with E-state index in [0.29, 0.717) is 12.0 Å². The first-order chi connectivity index (χ1) is 8.07. The molecule has 0 aliphatic heterocycles. The van der Waals surface area contributed by atoms with E-state index in [4.69, 9.17) is 10.5 Å². The van der Waals surface area contributed by atoms with Crippen LogP contribution in [0.3, 0.4) is 0 Å². The molecule has 1 aromatic carbocycles. The predicted octanol–water partition coefficient (Wildman–Crippen LogP) is 2.40. The Kier molecular flexibility index (Phi) is 3.45. The summed E-state index contributed by atoms with van der Waals surface area (Å²) >= 11 is 0. The van der Waals surface area contributed by atoms with Crippen molar-refractivity contribution in [3.8, 4) is 0 Å². The molecule has 0 bridgehead atoms. The highest BCUT2D eigenvalue weighted by Gasteiger charge is 2.42. The summed E-state index contributed by atoms with van der Waals surface area (Å²) in [6.45, 7) is 0. The molecule has 2 rings (SSSR count). The molecule has 0 saturated heterocycles. The third-order valence-corrected chi connectivity index (χ3v) is 3.72. The minimum absolute atomic E-state index is 0.175. The van der Waals surface area contributed by atoms with Crippen LogP contribution >= 0.6 is 0 Å². The van der Waals surface area contributed by atoms with E-state index < -0.39 is 11.6 Å². The van der Waals surface area contributed by atoms with Gasteiger partial charge in [-0.05, 0) is 43.4 Å². The minimum atomic E-state index is -0.826. The SMILES string of the molecule is COC1(C(N)Cc2ccc(F)c(F)c2)CCC1. The van der Waals surface area contributed by atoms with Crippen LogP contribution in [-0.4, -0.2) is 18.8 Å². The molecule has 94 valence electrons. The van der Waals surface area contributed by atoms with Gasteiger partial charge in [-0.2, -0.15) is 0 Å². The molecule has 1 aliphatic carbocycles. The van der Waals surface area contributed by atoms with Gasteiger partial charge in [-0.1, -0.05) is 6.07 Å². The van der Waals surface area contributed by atoms with Gasteiger partial charge in [-0.25, -0.2) is 8.78 Å². The van der Waals surface area contributed by atoms with Crippen LogP contribution in [-0.2, 0) is 11.2 Å². The van der Waals surface area contributed by atoms with Gasteiger partial charge in [0.15, 0.2) is 11.6 Å². The molecular formula is C13H17F2NO. The van der Waals surface area contributed by atoms with Crippen molar-refractivity contribution in [2.45, 2.75) is 37.3 Å². The monoisotopic (exact) mass is 241 g/mol. The predicted molar refractivity (Wildman–Crippen MR) is 61.6 cm³/mol. The Morgan fingerprint density at radius 1 is 1.35 bits per heavy atom. The molecule has 1 atom stereocenters. The van der Waals surface area contributed by atoms with Gasteiger partial charge in [0.05, 0.1) is 5.60 Å². The highest BCUT2D eigenvalue weighted by atomic mass is 19.2. The van der Waals surface area contributed by atoms with Crippen molar-refractivity contribution >= 4 is 0 Å². The Hall–Kier alpha value is -1.00. The molecule has 1 aliphatic rings. The van der Waals surface area contributed by atoms with E-state index in [1.807, 2.05) is 0 Å². The molecule has 17 heavy (non-hydrogen) atoms. The number of halogens is 2. The Labute approximate surface area is 99.8 Å². The first kappa shape index (κ1) is 12.5. The number of benzene rings is 1. The molecule has 0 amide bonds. The van der Waals surface area contributed by atoms with Crippen molar-refractivity contribution in [3.63, 3.8) is 0 Å². The van der Waals surface area contributed by atoms with Crippen molar-refractivity contribution in [2.24, 2.45) is 5.73 Å². The van der Waals surface area contributed by atoms with Crippen molar-refractivity contribution in [3.05, 3.63) is 35.4 Å². The van der Waals surface area contributed by atoms with Gasteiger partial charge in [-0.15, -0.1) is 0 Å². The molecule has 1 aromatic rings. The van der Waals surface area contributed by atoms with Gasteiger partial charge in [0.25, 0.3) is 0 Å². The minimum Gasteiger partial charge on any atom is -0.377 e. The van der Waals surface area contributed by atoms with Crippen LogP contribution in [0.1, 0.15) is 24.8 Å². The van der Waals surface area contributed by atoms with E-state index in [9.17, 15) is 8.78 Å². The number of nitrogens with two attached hydrogens (primary N) is 1. The lowest BCUT2D eigenvalue weighted by molar-refractivity contribution is -0.0897. The van der Waals surface area contributed by atoms with E-state index >= 15 is 0 Å². The van der Waals surface area contributed by atoms with E-state index in [2.05, 4.69) is 0 Å². The van der Waals surface area contributed by atoms with Crippen LogP contribution in [0.2, 0.25) is 0 Å². The van der Waals surface area contributed by atoms with Gasteiger partial charge in [0.2, 0.25) is 0 Å². The van der Waals surface area contributed by atoms with Gasteiger partial charge in [0.1, 0.15) is 0 Å². The summed E-state index contributed by atoms with van der Waals surface area (Å²) in [4.78, 5) is 0. The second-order valence-electron chi connectivity index (χ2n) is 4.68. The molecule has 4 heteroatoms. The van der Waals surface area contributed by atoms with Crippen molar-refractivity contribution in [1.29, 1.82) is 0 Å². The topological polar surface area (TPSA) is 35.2 Å². The average molecular weight is 241 g/mol. The number of hydrogen-bond donors (Lipinski definition) is 1. The molecule has 0 aromatic heterocycles. The van der Waals surface area contributed by atoms with Crippen molar-refractivity contribution < 1.29 is 13.5 Å². The van der Waals surface area contributed by atoms with Gasteiger partial charge >= 0.3 is 0 Å². The lowest BCUT2D eigenvalue weighted by Gasteiger charge is -2.45. The highest BCUT2D eigenvalue weighted by molar-refractivity contribution is 5.20. The third kappa shape index (κ3) is 2.33. The average Bonchev–Trinajstić information content (AvgIpc) is 2.23.